The summed E-state index contributed by atoms with van der Waals surface area (Å²) in [6.07, 6.45) is 0. The first kappa shape index (κ1) is 38.5. The first-order chi connectivity index (χ1) is 12.0. The number of alkyl halides is 19. The molecule has 0 bridgehead atoms. The molecule has 0 heterocycles. The molecule has 0 aromatic heterocycles. The SMILES string of the molecule is [S]C(Br)(Br)C(Br)(Br)C(Br)(Br)C(Br)(Br)C(Br)(Br)C(Br)(Br)C(Br)(Br)C(Br)(Br)C(Br)(Br)Br. The molecule has 0 fully saturated rings. The lowest BCUT2D eigenvalue weighted by Crippen LogP contribution is -2.69. The van der Waals surface area contributed by atoms with Crippen LogP contribution in [0.2, 0.25) is 0 Å². The summed E-state index contributed by atoms with van der Waals surface area (Å²) >= 11 is 76.0. The third-order valence-corrected chi connectivity index (χ3v) is 41.6. The summed E-state index contributed by atoms with van der Waals surface area (Å²) in [6.45, 7) is 0. The Bertz CT molecular complexity index is 554. The van der Waals surface area contributed by atoms with E-state index in [2.05, 4.69) is 303 Å². The van der Waals surface area contributed by atoms with Crippen LogP contribution in [0.5, 0.6) is 0 Å². The molecule has 0 N–H and O–H groups in total. The van der Waals surface area contributed by atoms with Gasteiger partial charge in [0.25, 0.3) is 0 Å². The highest BCUT2D eigenvalue weighted by atomic mass is 80.0. The van der Waals surface area contributed by atoms with E-state index in [0.717, 1.165) is 0 Å². The van der Waals surface area contributed by atoms with Crippen LogP contribution < -0.4 is 0 Å². The molecular formula is C9Br19S. The smallest absolute Gasteiger partial charge is 0.0675 e. The average Bonchev–Trinajstić information content (AvgIpc) is 2.43. The van der Waals surface area contributed by atoms with E-state index in [1.54, 1.807) is 0 Å². The van der Waals surface area contributed by atoms with Crippen molar-refractivity contribution in [1.29, 1.82) is 0 Å². The number of rotatable bonds is 7. The van der Waals surface area contributed by atoms with Gasteiger partial charge in [-0.05, 0) is 0 Å². The third-order valence-electron chi connectivity index (χ3n) is 3.09. The van der Waals surface area contributed by atoms with Crippen molar-refractivity contribution < 1.29 is 0 Å². The van der Waals surface area contributed by atoms with E-state index in [9.17, 15) is 0 Å². The van der Waals surface area contributed by atoms with Crippen molar-refractivity contribution in [2.75, 3.05) is 0 Å². The molecule has 0 nitrogen and oxygen atoms in total. The first-order valence-electron chi connectivity index (χ1n) is 5.79. The van der Waals surface area contributed by atoms with E-state index in [1.807, 2.05) is 0 Å². The van der Waals surface area contributed by atoms with Crippen molar-refractivity contribution >= 4 is 315 Å². The second kappa shape index (κ2) is 12.4. The summed E-state index contributed by atoms with van der Waals surface area (Å²) < 4.78 is -8.86. The summed E-state index contributed by atoms with van der Waals surface area (Å²) in [6, 6.07) is 0. The molecule has 0 aliphatic rings. The zero-order valence-corrected chi connectivity index (χ0v) is 43.0. The number of halogens is 19. The normalized spacial score (nSPS) is 17.0. The van der Waals surface area contributed by atoms with Gasteiger partial charge in [0.05, 0.1) is 0 Å². The maximum Gasteiger partial charge on any atom is 0.162 e. The summed E-state index contributed by atoms with van der Waals surface area (Å²) in [7, 11) is 0. The van der Waals surface area contributed by atoms with Gasteiger partial charge in [-0.25, -0.2) is 0 Å². The van der Waals surface area contributed by atoms with Gasteiger partial charge in [-0.15, -0.1) is 0 Å². The highest BCUT2D eigenvalue weighted by molar-refractivity contribution is 9.42. The monoisotopic (exact) mass is 1640 g/mol. The Kier molecular flexibility index (Phi) is 16.4. The van der Waals surface area contributed by atoms with Crippen LogP contribution in [0.3, 0.4) is 0 Å². The molecule has 0 spiro atoms. The van der Waals surface area contributed by atoms with Crippen molar-refractivity contribution in [3.8, 4) is 0 Å². The zero-order valence-electron chi connectivity index (χ0n) is 12.1. The Labute approximate surface area is 334 Å². The molecule has 175 valence electrons. The predicted molar refractivity (Wildman–Crippen MR) is 202 cm³/mol. The highest BCUT2D eigenvalue weighted by Crippen LogP contribution is 2.79. The molecule has 1 radical (unpaired) electrons. The maximum atomic E-state index is 5.57. The first-order valence-corrected chi connectivity index (χ1v) is 21.3. The van der Waals surface area contributed by atoms with E-state index in [1.165, 1.54) is 0 Å². The molecule has 0 aliphatic carbocycles. The minimum Gasteiger partial charge on any atom is -0.0675 e. The second-order valence-corrected chi connectivity index (χ2v) is 41.0. The fourth-order valence-electron chi connectivity index (χ4n) is 1.35. The standard InChI is InChI=1S/C9Br19S/c10-1(11,2(12,13)4(16,17)6(20,21)8(24,25)26)3(14,15)5(18,19)7(22,23)9(27,28)29. The van der Waals surface area contributed by atoms with E-state index in [-0.39, 0.29) is 0 Å². The Morgan fingerprint density at radius 3 is 0.621 bits per heavy atom. The minimum atomic E-state index is -1.06. The van der Waals surface area contributed by atoms with Gasteiger partial charge >= 0.3 is 0 Å². The zero-order chi connectivity index (χ0) is 24.5. The van der Waals surface area contributed by atoms with Crippen LogP contribution >= 0.6 is 315 Å². The third kappa shape index (κ3) is 7.10. The number of hydrogen-bond acceptors (Lipinski definition) is 0. The predicted octanol–water partition coefficient (Wildman–Crippen LogP) is 14.9. The Morgan fingerprint density at radius 1 is 0.276 bits per heavy atom. The molecule has 0 amide bonds. The van der Waals surface area contributed by atoms with Crippen molar-refractivity contribution in [1.82, 2.24) is 0 Å². The molecule has 0 unspecified atom stereocenters. The van der Waals surface area contributed by atoms with E-state index >= 15 is 0 Å². The van der Waals surface area contributed by atoms with Gasteiger partial charge in [0.1, 0.15) is 22.6 Å². The highest BCUT2D eigenvalue weighted by Gasteiger charge is 2.78. The van der Waals surface area contributed by atoms with Crippen LogP contribution in [0.4, 0.5) is 0 Å². The second-order valence-electron chi connectivity index (χ2n) is 5.04. The fourth-order valence-corrected chi connectivity index (χ4v) is 18.4. The van der Waals surface area contributed by atoms with Gasteiger partial charge in [-0.2, -0.15) is 0 Å². The van der Waals surface area contributed by atoms with Crippen LogP contribution in [0.1, 0.15) is 0 Å². The summed E-state index contributed by atoms with van der Waals surface area (Å²) in [5.74, 6) is 0. The Morgan fingerprint density at radius 2 is 0.448 bits per heavy atom. The lowest BCUT2D eigenvalue weighted by Gasteiger charge is -2.58. The molecule has 0 aromatic carbocycles. The fraction of sp³-hybridized carbons (Fsp3) is 1.00. The van der Waals surface area contributed by atoms with Crippen molar-refractivity contribution in [2.24, 2.45) is 0 Å². The van der Waals surface area contributed by atoms with Crippen molar-refractivity contribution in [2.45, 2.75) is 27.3 Å². The molecular weight excluding hydrogens is 1660 g/mol. The Balaban J connectivity index is 6.82. The molecule has 0 atom stereocenters. The summed E-state index contributed by atoms with van der Waals surface area (Å²) in [4.78, 5) is 0. The molecule has 0 aliphatic heterocycles. The molecule has 20 heteroatoms. The van der Waals surface area contributed by atoms with Gasteiger partial charge in [0, 0.05) is 0 Å². The van der Waals surface area contributed by atoms with Crippen LogP contribution in [0.15, 0.2) is 0 Å². The molecule has 0 aromatic rings. The molecule has 0 saturated heterocycles. The topological polar surface area (TPSA) is 0 Å². The van der Waals surface area contributed by atoms with E-state index in [0.29, 0.717) is 0 Å². The summed E-state index contributed by atoms with van der Waals surface area (Å²) in [5.41, 5.74) is 0. The largest absolute Gasteiger partial charge is 0.162 e. The molecule has 0 rings (SSSR count). The quantitative estimate of drug-likeness (QED) is 0.223. The van der Waals surface area contributed by atoms with Crippen LogP contribution in [0.25, 0.3) is 0 Å². The van der Waals surface area contributed by atoms with Gasteiger partial charge in [0.15, 0.2) is 4.71 Å². The minimum absolute atomic E-state index is 0.798. The molecule has 29 heavy (non-hydrogen) atoms. The van der Waals surface area contributed by atoms with Gasteiger partial charge in [0.2, 0.25) is 0 Å². The lowest BCUT2D eigenvalue weighted by molar-refractivity contribution is 0.585. The van der Waals surface area contributed by atoms with Gasteiger partial charge in [-0.3, -0.25) is 0 Å². The van der Waals surface area contributed by atoms with Crippen molar-refractivity contribution in [3.05, 3.63) is 0 Å². The lowest BCUT2D eigenvalue weighted by atomic mass is 10.1. The van der Waals surface area contributed by atoms with Crippen LogP contribution in [0, 0.1) is 0 Å². The van der Waals surface area contributed by atoms with E-state index in [4.69, 9.17) is 12.6 Å². The maximum absolute atomic E-state index is 5.57. The average molecular weight is 1660 g/mol. The Hall–Kier alpha value is 9.47. The number of hydrogen-bond donors (Lipinski definition) is 0. The summed E-state index contributed by atoms with van der Waals surface area (Å²) in [5, 5.41) is 0. The van der Waals surface area contributed by atoms with Crippen LogP contribution in [-0.2, 0) is 0 Å². The van der Waals surface area contributed by atoms with Crippen molar-refractivity contribution in [3.63, 3.8) is 0 Å². The molecule has 0 saturated carbocycles. The van der Waals surface area contributed by atoms with Gasteiger partial charge < -0.3 is 0 Å². The van der Waals surface area contributed by atoms with Gasteiger partial charge in [-0.1, -0.05) is 315 Å². The van der Waals surface area contributed by atoms with Crippen LogP contribution in [-0.4, -0.2) is 27.3 Å². The van der Waals surface area contributed by atoms with E-state index < -0.39 is 27.3 Å².